The molecule has 1 N–H and O–H groups in total. The normalized spacial score (nSPS) is 15.5. The number of rotatable bonds is 5. The van der Waals surface area contributed by atoms with Crippen molar-refractivity contribution >= 4 is 22.5 Å². The van der Waals surface area contributed by atoms with E-state index in [9.17, 15) is 4.79 Å². The summed E-state index contributed by atoms with van der Waals surface area (Å²) in [7, 11) is 0. The number of hydrogen-bond donors (Lipinski definition) is 1. The zero-order chi connectivity index (χ0) is 20.5. The molecule has 1 unspecified atom stereocenters. The third-order valence-corrected chi connectivity index (χ3v) is 6.03. The Hall–Kier alpha value is -3.40. The number of fused-ring (bicyclic) bond motifs is 2. The van der Waals surface area contributed by atoms with Crippen molar-refractivity contribution in [3.05, 3.63) is 84.1 Å². The first kappa shape index (κ1) is 18.6. The van der Waals surface area contributed by atoms with Gasteiger partial charge in [0.1, 0.15) is 0 Å². The summed E-state index contributed by atoms with van der Waals surface area (Å²) in [5.41, 5.74) is 6.71. The van der Waals surface area contributed by atoms with E-state index < -0.39 is 0 Å². The molecule has 2 aromatic heterocycles. The molecule has 4 nitrogen and oxygen atoms in total. The van der Waals surface area contributed by atoms with E-state index in [0.29, 0.717) is 6.42 Å². The van der Waals surface area contributed by atoms with E-state index in [-0.39, 0.29) is 11.9 Å². The number of hydrogen-bond acceptors (Lipinski definition) is 2. The van der Waals surface area contributed by atoms with Gasteiger partial charge in [-0.1, -0.05) is 42.5 Å². The van der Waals surface area contributed by atoms with Crippen molar-refractivity contribution in [3.8, 4) is 11.4 Å². The quantitative estimate of drug-likeness (QED) is 0.483. The van der Waals surface area contributed by atoms with E-state index in [0.717, 1.165) is 41.9 Å². The maximum absolute atomic E-state index is 13.1. The van der Waals surface area contributed by atoms with E-state index in [1.807, 2.05) is 41.4 Å². The van der Waals surface area contributed by atoms with Gasteiger partial charge in [0.15, 0.2) is 0 Å². The van der Waals surface area contributed by atoms with Crippen molar-refractivity contribution in [2.75, 3.05) is 4.90 Å². The Morgan fingerprint density at radius 2 is 1.87 bits per heavy atom. The molecule has 0 aliphatic carbocycles. The second-order valence-electron chi connectivity index (χ2n) is 8.04. The van der Waals surface area contributed by atoms with E-state index in [1.165, 1.54) is 16.5 Å². The van der Waals surface area contributed by atoms with Gasteiger partial charge in [0.25, 0.3) is 0 Å². The molecular weight excluding hydrogens is 370 g/mol. The molecule has 0 bridgehead atoms. The second kappa shape index (κ2) is 7.79. The summed E-state index contributed by atoms with van der Waals surface area (Å²) >= 11 is 0. The van der Waals surface area contributed by atoms with Crippen LogP contribution in [0, 0.1) is 0 Å². The van der Waals surface area contributed by atoms with Crippen molar-refractivity contribution in [2.45, 2.75) is 38.6 Å². The molecule has 3 heterocycles. The number of amides is 1. The summed E-state index contributed by atoms with van der Waals surface area (Å²) in [5, 5.41) is 1.21. The number of carbonyl (C=O) groups is 1. The van der Waals surface area contributed by atoms with Crippen molar-refractivity contribution in [1.29, 1.82) is 0 Å². The number of H-pyrrole nitrogens is 1. The molecule has 1 amide bonds. The predicted molar refractivity (Wildman–Crippen MR) is 122 cm³/mol. The van der Waals surface area contributed by atoms with E-state index >= 15 is 0 Å². The summed E-state index contributed by atoms with van der Waals surface area (Å²) in [6, 6.07) is 22.8. The zero-order valence-electron chi connectivity index (χ0n) is 17.1. The smallest absolute Gasteiger partial charge is 0.227 e. The molecule has 1 aliphatic heterocycles. The number of nitrogens with one attached hydrogen (secondary N) is 1. The molecule has 2 aromatic carbocycles. The van der Waals surface area contributed by atoms with Crippen LogP contribution in [0.3, 0.4) is 0 Å². The fourth-order valence-corrected chi connectivity index (χ4v) is 4.67. The number of aromatic amines is 1. The highest BCUT2D eigenvalue weighted by molar-refractivity contribution is 5.96. The lowest BCUT2D eigenvalue weighted by molar-refractivity contribution is -0.119. The van der Waals surface area contributed by atoms with Gasteiger partial charge >= 0.3 is 0 Å². The molecule has 4 heteroatoms. The Kier molecular flexibility index (Phi) is 4.83. The molecular formula is C26H25N3O. The van der Waals surface area contributed by atoms with Gasteiger partial charge < -0.3 is 9.88 Å². The second-order valence-corrected chi connectivity index (χ2v) is 8.04. The lowest BCUT2D eigenvalue weighted by atomic mass is 10.0. The average Bonchev–Trinajstić information content (AvgIpc) is 3.31. The summed E-state index contributed by atoms with van der Waals surface area (Å²) < 4.78 is 0. The summed E-state index contributed by atoms with van der Waals surface area (Å²) in [6.45, 7) is 2.14. The summed E-state index contributed by atoms with van der Waals surface area (Å²) in [6.07, 6.45) is 4.95. The number of carbonyl (C=O) groups excluding carboxylic acids is 1. The van der Waals surface area contributed by atoms with Crippen molar-refractivity contribution in [3.63, 3.8) is 0 Å². The topological polar surface area (TPSA) is 49.0 Å². The highest BCUT2D eigenvalue weighted by Crippen LogP contribution is 2.33. The molecule has 0 saturated heterocycles. The molecule has 4 aromatic rings. The first-order valence-electron chi connectivity index (χ1n) is 10.6. The minimum Gasteiger partial charge on any atom is -0.353 e. The monoisotopic (exact) mass is 395 g/mol. The lowest BCUT2D eigenvalue weighted by Crippen LogP contribution is -2.35. The number of benzene rings is 2. The van der Waals surface area contributed by atoms with Crippen molar-refractivity contribution in [2.24, 2.45) is 0 Å². The fourth-order valence-electron chi connectivity index (χ4n) is 4.67. The van der Waals surface area contributed by atoms with Crippen LogP contribution in [0.5, 0.6) is 0 Å². The number of nitrogens with zero attached hydrogens (tertiary/aromatic N) is 2. The molecule has 1 aliphatic rings. The Morgan fingerprint density at radius 3 is 2.73 bits per heavy atom. The highest BCUT2D eigenvalue weighted by atomic mass is 16.2. The predicted octanol–water partition coefficient (Wildman–Crippen LogP) is 5.53. The average molecular weight is 396 g/mol. The molecule has 150 valence electrons. The van der Waals surface area contributed by atoms with Crippen LogP contribution in [-0.4, -0.2) is 21.9 Å². The van der Waals surface area contributed by atoms with Gasteiger partial charge in [0.05, 0.1) is 11.4 Å². The van der Waals surface area contributed by atoms with Gasteiger partial charge in [-0.3, -0.25) is 9.78 Å². The Bertz CT molecular complexity index is 1200. The van der Waals surface area contributed by atoms with Crippen molar-refractivity contribution < 1.29 is 4.79 Å². The van der Waals surface area contributed by atoms with Crippen LogP contribution in [0.4, 0.5) is 5.69 Å². The number of aromatic nitrogens is 2. The molecule has 0 saturated carbocycles. The van der Waals surface area contributed by atoms with Crippen LogP contribution in [-0.2, 0) is 17.6 Å². The standard InChI is InChI=1S/C26H25N3O/c1-18-17-19-9-2-5-14-24(19)29(18)25(30)15-8-11-21-20-10-3-4-12-22(20)28-26(21)23-13-6-7-16-27-23/h2-7,9-10,12-14,16,18,28H,8,11,15,17H2,1H3. The molecule has 0 spiro atoms. The Balaban J connectivity index is 1.37. The SMILES string of the molecule is CC1Cc2ccccc2N1C(=O)CCCc1c(-c2ccccn2)[nH]c2ccccc12. The lowest BCUT2D eigenvalue weighted by Gasteiger charge is -2.22. The maximum Gasteiger partial charge on any atom is 0.227 e. The molecule has 0 fully saturated rings. The largest absolute Gasteiger partial charge is 0.353 e. The molecule has 1 atom stereocenters. The van der Waals surface area contributed by atoms with E-state index in [4.69, 9.17) is 0 Å². The number of anilines is 1. The minimum atomic E-state index is 0.215. The van der Waals surface area contributed by atoms with Gasteiger partial charge in [-0.15, -0.1) is 0 Å². The Labute approximate surface area is 176 Å². The minimum absolute atomic E-state index is 0.215. The number of para-hydroxylation sites is 2. The van der Waals surface area contributed by atoms with Crippen LogP contribution in [0.25, 0.3) is 22.3 Å². The Morgan fingerprint density at radius 1 is 1.07 bits per heavy atom. The fraction of sp³-hybridized carbons (Fsp3) is 0.231. The molecule has 0 radical (unpaired) electrons. The molecule has 30 heavy (non-hydrogen) atoms. The van der Waals surface area contributed by atoms with E-state index in [2.05, 4.69) is 53.3 Å². The van der Waals surface area contributed by atoms with Crippen LogP contribution in [0.1, 0.15) is 30.9 Å². The zero-order valence-corrected chi connectivity index (χ0v) is 17.1. The van der Waals surface area contributed by atoms with Crippen molar-refractivity contribution in [1.82, 2.24) is 9.97 Å². The third-order valence-electron chi connectivity index (χ3n) is 6.03. The van der Waals surface area contributed by atoms with Gasteiger partial charge in [-0.05, 0) is 61.6 Å². The highest BCUT2D eigenvalue weighted by Gasteiger charge is 2.30. The molecule has 5 rings (SSSR count). The first-order valence-corrected chi connectivity index (χ1v) is 10.6. The third kappa shape index (κ3) is 3.28. The van der Waals surface area contributed by atoms with Gasteiger partial charge in [0, 0.05) is 35.2 Å². The van der Waals surface area contributed by atoms with E-state index in [1.54, 1.807) is 0 Å². The van der Waals surface area contributed by atoms with Gasteiger partial charge in [-0.2, -0.15) is 0 Å². The summed E-state index contributed by atoms with van der Waals surface area (Å²) in [4.78, 5) is 23.1. The van der Waals surface area contributed by atoms with Crippen LogP contribution >= 0.6 is 0 Å². The maximum atomic E-state index is 13.1. The summed E-state index contributed by atoms with van der Waals surface area (Å²) in [5.74, 6) is 0.215. The number of pyridine rings is 1. The van der Waals surface area contributed by atoms with Gasteiger partial charge in [0.2, 0.25) is 5.91 Å². The van der Waals surface area contributed by atoms with Gasteiger partial charge in [-0.25, -0.2) is 0 Å². The van der Waals surface area contributed by atoms with Crippen LogP contribution in [0.15, 0.2) is 72.9 Å². The first-order chi connectivity index (χ1) is 14.7. The van der Waals surface area contributed by atoms with Crippen LogP contribution < -0.4 is 4.90 Å². The number of aryl methyl sites for hydroxylation is 1. The van der Waals surface area contributed by atoms with Crippen LogP contribution in [0.2, 0.25) is 0 Å².